The lowest BCUT2D eigenvalue weighted by Crippen LogP contribution is -2.14. The monoisotopic (exact) mass is 239 g/mol. The summed E-state index contributed by atoms with van der Waals surface area (Å²) in [4.78, 5) is 10.1. The van der Waals surface area contributed by atoms with Gasteiger partial charge in [-0.25, -0.2) is 0 Å². The molecule has 4 nitrogen and oxygen atoms in total. The summed E-state index contributed by atoms with van der Waals surface area (Å²) >= 11 is 0. The second kappa shape index (κ2) is 5.19. The minimum absolute atomic E-state index is 0.0414. The summed E-state index contributed by atoms with van der Waals surface area (Å²) < 4.78 is 0. The summed E-state index contributed by atoms with van der Waals surface area (Å²) in [6.45, 7) is 0. The van der Waals surface area contributed by atoms with Crippen LogP contribution >= 0.6 is 0 Å². The van der Waals surface area contributed by atoms with E-state index in [1.165, 1.54) is 6.08 Å². The van der Waals surface area contributed by atoms with Crippen molar-refractivity contribution >= 4 is 0 Å². The van der Waals surface area contributed by atoms with Gasteiger partial charge < -0.3 is 5.73 Å². The van der Waals surface area contributed by atoms with Crippen molar-refractivity contribution < 1.29 is 4.92 Å². The normalized spacial score (nSPS) is 15.1. The van der Waals surface area contributed by atoms with Crippen LogP contribution in [0.3, 0.4) is 0 Å². The van der Waals surface area contributed by atoms with E-state index in [4.69, 9.17) is 5.73 Å². The number of nitro groups is 1. The van der Waals surface area contributed by atoms with E-state index in [0.29, 0.717) is 6.42 Å². The van der Waals surface area contributed by atoms with Gasteiger partial charge >= 0.3 is 0 Å². The van der Waals surface area contributed by atoms with Gasteiger partial charge in [0.15, 0.2) is 0 Å². The van der Waals surface area contributed by atoms with Crippen molar-refractivity contribution in [2.24, 2.45) is 5.73 Å². The van der Waals surface area contributed by atoms with Crippen LogP contribution in [0.1, 0.15) is 12.0 Å². The maximum absolute atomic E-state index is 10.6. The lowest BCUT2D eigenvalue weighted by Gasteiger charge is -2.09. The second-order valence-electron chi connectivity index (χ2n) is 3.82. The number of rotatable bonds is 1. The van der Waals surface area contributed by atoms with Crippen LogP contribution in [0.2, 0.25) is 0 Å². The molecule has 1 aliphatic rings. The van der Waals surface area contributed by atoms with Crippen molar-refractivity contribution in [3.05, 3.63) is 75.5 Å². The van der Waals surface area contributed by atoms with Crippen LogP contribution in [0.15, 0.2) is 53.9 Å². The fourth-order valence-electron chi connectivity index (χ4n) is 1.58. The smallest absolute Gasteiger partial charge is 0.287 e. The summed E-state index contributed by atoms with van der Waals surface area (Å²) in [6, 6.07) is 9.54. The molecule has 18 heavy (non-hydrogen) atoms. The number of benzene rings is 1. The Morgan fingerprint density at radius 1 is 1.17 bits per heavy atom. The fraction of sp³-hybridized carbons (Fsp3) is 0.0714. The van der Waals surface area contributed by atoms with Gasteiger partial charge in [-0.2, -0.15) is 0 Å². The first-order valence-electron chi connectivity index (χ1n) is 5.41. The van der Waals surface area contributed by atoms with Gasteiger partial charge in [0.25, 0.3) is 5.70 Å². The highest BCUT2D eigenvalue weighted by Gasteiger charge is 2.20. The molecule has 1 aromatic carbocycles. The van der Waals surface area contributed by atoms with Gasteiger partial charge in [0.2, 0.25) is 0 Å². The van der Waals surface area contributed by atoms with Crippen molar-refractivity contribution in [1.29, 1.82) is 0 Å². The Morgan fingerprint density at radius 3 is 2.50 bits per heavy atom. The molecule has 0 spiro atoms. The van der Waals surface area contributed by atoms with Crippen LogP contribution in [0, 0.1) is 27.9 Å². The molecule has 0 unspecified atom stereocenters. The Morgan fingerprint density at radius 2 is 1.89 bits per heavy atom. The lowest BCUT2D eigenvalue weighted by molar-refractivity contribution is -0.420. The van der Waals surface area contributed by atoms with Crippen molar-refractivity contribution in [2.45, 2.75) is 6.42 Å². The number of hydrogen-bond acceptors (Lipinski definition) is 3. The second-order valence-corrected chi connectivity index (χ2v) is 3.82. The molecule has 0 fully saturated rings. The quantitative estimate of drug-likeness (QED) is 0.463. The Labute approximate surface area is 105 Å². The van der Waals surface area contributed by atoms with Crippen LogP contribution in [0.25, 0.3) is 0 Å². The van der Waals surface area contributed by atoms with E-state index in [1.807, 2.05) is 30.3 Å². The maximum Gasteiger partial charge on any atom is 0.287 e. The van der Waals surface area contributed by atoms with E-state index in [-0.39, 0.29) is 11.4 Å². The molecule has 89 valence electrons. The number of hydrogen-bond donors (Lipinski definition) is 1. The van der Waals surface area contributed by atoms with Crippen LogP contribution in [0.5, 0.6) is 0 Å². The van der Waals surface area contributed by atoms with Gasteiger partial charge in [-0.15, -0.1) is 0 Å². The SMILES string of the molecule is NC1=C([N+](=O)[O-])C=C[C](C#Cc2ccccc2)C1. The molecule has 0 amide bonds. The summed E-state index contributed by atoms with van der Waals surface area (Å²) in [5, 5.41) is 10.6. The molecule has 0 heterocycles. The Balaban J connectivity index is 2.11. The first-order valence-corrected chi connectivity index (χ1v) is 5.41. The molecule has 0 saturated heterocycles. The topological polar surface area (TPSA) is 69.2 Å². The standard InChI is InChI=1S/C14H11N2O2/c15-13-10-12(8-9-14(13)16(17)18)7-6-11-4-2-1-3-5-11/h1-5,8-9H,10,15H2. The molecular weight excluding hydrogens is 228 g/mol. The molecule has 0 aromatic heterocycles. The number of nitrogens with two attached hydrogens (primary N) is 1. The van der Waals surface area contributed by atoms with Gasteiger partial charge in [0.05, 0.1) is 16.5 Å². The summed E-state index contributed by atoms with van der Waals surface area (Å²) in [5.41, 5.74) is 6.75. The molecule has 2 rings (SSSR count). The fourth-order valence-corrected chi connectivity index (χ4v) is 1.58. The van der Waals surface area contributed by atoms with E-state index in [9.17, 15) is 10.1 Å². The zero-order valence-electron chi connectivity index (χ0n) is 9.59. The Kier molecular flexibility index (Phi) is 3.44. The molecule has 1 aromatic rings. The van der Waals surface area contributed by atoms with Crippen molar-refractivity contribution in [3.63, 3.8) is 0 Å². The zero-order valence-corrected chi connectivity index (χ0v) is 9.59. The third kappa shape index (κ3) is 2.77. The largest absolute Gasteiger partial charge is 0.396 e. The summed E-state index contributed by atoms with van der Waals surface area (Å²) in [7, 11) is 0. The minimum atomic E-state index is -0.479. The molecule has 0 bridgehead atoms. The zero-order chi connectivity index (χ0) is 13.0. The van der Waals surface area contributed by atoms with Gasteiger partial charge in [-0.05, 0) is 12.1 Å². The lowest BCUT2D eigenvalue weighted by atomic mass is 9.97. The summed E-state index contributed by atoms with van der Waals surface area (Å²) in [5.74, 6) is 6.74. The predicted octanol–water partition coefficient (Wildman–Crippen LogP) is 2.02. The molecule has 4 heteroatoms. The van der Waals surface area contributed by atoms with Crippen LogP contribution in [0.4, 0.5) is 0 Å². The van der Waals surface area contributed by atoms with Crippen molar-refractivity contribution in [1.82, 2.24) is 0 Å². The highest BCUT2D eigenvalue weighted by molar-refractivity contribution is 5.45. The van der Waals surface area contributed by atoms with E-state index in [1.54, 1.807) is 6.08 Å². The van der Waals surface area contributed by atoms with E-state index >= 15 is 0 Å². The molecule has 1 aliphatic carbocycles. The average Bonchev–Trinajstić information content (AvgIpc) is 2.37. The van der Waals surface area contributed by atoms with Crippen LogP contribution < -0.4 is 5.73 Å². The minimum Gasteiger partial charge on any atom is -0.396 e. The average molecular weight is 239 g/mol. The van der Waals surface area contributed by atoms with E-state index in [0.717, 1.165) is 11.5 Å². The maximum atomic E-state index is 10.6. The first kappa shape index (κ1) is 11.9. The van der Waals surface area contributed by atoms with Crippen LogP contribution in [-0.2, 0) is 0 Å². The highest BCUT2D eigenvalue weighted by atomic mass is 16.6. The van der Waals surface area contributed by atoms with Gasteiger partial charge in [-0.1, -0.05) is 36.1 Å². The van der Waals surface area contributed by atoms with Gasteiger partial charge in [0, 0.05) is 18.1 Å². The number of nitrogens with zero attached hydrogens (tertiary/aromatic N) is 1. The van der Waals surface area contributed by atoms with Gasteiger partial charge in [-0.3, -0.25) is 10.1 Å². The molecule has 1 radical (unpaired) electrons. The molecule has 2 N–H and O–H groups in total. The molecule has 0 saturated carbocycles. The third-order valence-corrected chi connectivity index (χ3v) is 2.49. The number of allylic oxidation sites excluding steroid dienone is 3. The molecule has 0 aliphatic heterocycles. The van der Waals surface area contributed by atoms with Gasteiger partial charge in [0.1, 0.15) is 0 Å². The van der Waals surface area contributed by atoms with Crippen molar-refractivity contribution in [3.8, 4) is 11.8 Å². The van der Waals surface area contributed by atoms with E-state index < -0.39 is 4.92 Å². The predicted molar refractivity (Wildman–Crippen MR) is 68.5 cm³/mol. The Hall–Kier alpha value is -2.54. The first-order chi connectivity index (χ1) is 8.66. The Bertz CT molecular complexity index is 577. The van der Waals surface area contributed by atoms with Crippen molar-refractivity contribution in [2.75, 3.05) is 0 Å². The third-order valence-electron chi connectivity index (χ3n) is 2.49. The summed E-state index contributed by atoms with van der Waals surface area (Å²) in [6.07, 6.45) is 3.37. The van der Waals surface area contributed by atoms with E-state index in [2.05, 4.69) is 11.8 Å². The molecule has 0 atom stereocenters. The highest BCUT2D eigenvalue weighted by Crippen LogP contribution is 2.21. The van der Waals surface area contributed by atoms with Crippen LogP contribution in [-0.4, -0.2) is 4.92 Å². The molecular formula is C14H11N2O2.